The van der Waals surface area contributed by atoms with Crippen LogP contribution in [0.3, 0.4) is 0 Å². The van der Waals surface area contributed by atoms with Gasteiger partial charge in [0.05, 0.1) is 0 Å². The fourth-order valence-corrected chi connectivity index (χ4v) is 3.63. The molecule has 1 heterocycles. The summed E-state index contributed by atoms with van der Waals surface area (Å²) in [5.74, 6) is 0.777. The maximum absolute atomic E-state index is 3.55. The SMILES string of the molecule is CC(C)CN(CCNCc1cc(Br)cs1)C1CC1. The van der Waals surface area contributed by atoms with Crippen molar-refractivity contribution in [2.24, 2.45) is 5.92 Å². The second-order valence-electron chi connectivity index (χ2n) is 5.53. The molecule has 0 radical (unpaired) electrons. The molecule has 1 saturated carbocycles. The molecule has 2 nitrogen and oxygen atoms in total. The maximum Gasteiger partial charge on any atom is 0.0300 e. The molecule has 0 saturated heterocycles. The highest BCUT2D eigenvalue weighted by Gasteiger charge is 2.28. The van der Waals surface area contributed by atoms with Gasteiger partial charge in [-0.15, -0.1) is 11.3 Å². The molecule has 0 spiro atoms. The Morgan fingerprint density at radius 2 is 2.28 bits per heavy atom. The summed E-state index contributed by atoms with van der Waals surface area (Å²) < 4.78 is 1.20. The van der Waals surface area contributed by atoms with Crippen molar-refractivity contribution >= 4 is 27.3 Å². The predicted molar refractivity (Wildman–Crippen MR) is 83.2 cm³/mol. The second kappa shape index (κ2) is 7.04. The van der Waals surface area contributed by atoms with Crippen LogP contribution in [0.2, 0.25) is 0 Å². The summed E-state index contributed by atoms with van der Waals surface area (Å²) in [7, 11) is 0. The molecule has 1 aliphatic carbocycles. The number of halogens is 1. The fourth-order valence-electron chi connectivity index (χ4n) is 2.21. The number of nitrogens with zero attached hydrogens (tertiary/aromatic N) is 1. The molecule has 1 aromatic heterocycles. The van der Waals surface area contributed by atoms with Gasteiger partial charge in [0.25, 0.3) is 0 Å². The molecule has 2 rings (SSSR count). The second-order valence-corrected chi connectivity index (χ2v) is 7.44. The van der Waals surface area contributed by atoms with Crippen LogP contribution in [0.15, 0.2) is 15.9 Å². The average Bonchev–Trinajstić information content (AvgIpc) is 3.07. The summed E-state index contributed by atoms with van der Waals surface area (Å²) in [6.45, 7) is 9.15. The van der Waals surface area contributed by atoms with Crippen molar-refractivity contribution in [2.45, 2.75) is 39.3 Å². The van der Waals surface area contributed by atoms with E-state index < -0.39 is 0 Å². The highest BCUT2D eigenvalue weighted by Crippen LogP contribution is 2.27. The van der Waals surface area contributed by atoms with Gasteiger partial charge in [-0.05, 0) is 40.8 Å². The van der Waals surface area contributed by atoms with Crippen LogP contribution in [0, 0.1) is 5.92 Å². The highest BCUT2D eigenvalue weighted by molar-refractivity contribution is 9.10. The summed E-state index contributed by atoms with van der Waals surface area (Å²) in [6, 6.07) is 3.08. The van der Waals surface area contributed by atoms with Crippen molar-refractivity contribution in [3.05, 3.63) is 20.8 Å². The summed E-state index contributed by atoms with van der Waals surface area (Å²) in [5.41, 5.74) is 0. The Morgan fingerprint density at radius 3 is 2.83 bits per heavy atom. The van der Waals surface area contributed by atoms with E-state index >= 15 is 0 Å². The summed E-state index contributed by atoms with van der Waals surface area (Å²) in [5, 5.41) is 5.69. The largest absolute Gasteiger partial charge is 0.311 e. The van der Waals surface area contributed by atoms with Crippen LogP contribution in [0.4, 0.5) is 0 Å². The normalized spacial score (nSPS) is 15.8. The van der Waals surface area contributed by atoms with Gasteiger partial charge in [-0.3, -0.25) is 4.90 Å². The lowest BCUT2D eigenvalue weighted by atomic mass is 10.2. The van der Waals surface area contributed by atoms with Gasteiger partial charge >= 0.3 is 0 Å². The maximum atomic E-state index is 3.55. The standard InChI is InChI=1S/C14H23BrN2S/c1-11(2)9-17(13-3-4-13)6-5-16-8-14-7-12(15)10-18-14/h7,10-11,13,16H,3-6,8-9H2,1-2H3. The van der Waals surface area contributed by atoms with E-state index in [2.05, 4.69) is 51.4 Å². The van der Waals surface area contributed by atoms with Gasteiger partial charge in [0.15, 0.2) is 0 Å². The van der Waals surface area contributed by atoms with E-state index in [0.717, 1.165) is 25.0 Å². The van der Waals surface area contributed by atoms with Gasteiger partial charge in [0, 0.05) is 47.0 Å². The fraction of sp³-hybridized carbons (Fsp3) is 0.714. The van der Waals surface area contributed by atoms with Crippen LogP contribution in [0.25, 0.3) is 0 Å². The number of hydrogen-bond donors (Lipinski definition) is 1. The van der Waals surface area contributed by atoms with Gasteiger partial charge < -0.3 is 5.32 Å². The van der Waals surface area contributed by atoms with E-state index in [4.69, 9.17) is 0 Å². The van der Waals surface area contributed by atoms with Crippen LogP contribution < -0.4 is 5.32 Å². The van der Waals surface area contributed by atoms with E-state index in [-0.39, 0.29) is 0 Å². The first-order chi connectivity index (χ1) is 8.65. The molecule has 0 bridgehead atoms. The third-order valence-corrected chi connectivity index (χ3v) is 4.86. The molecule has 18 heavy (non-hydrogen) atoms. The number of nitrogens with one attached hydrogen (secondary N) is 1. The quantitative estimate of drug-likeness (QED) is 0.731. The Morgan fingerprint density at radius 1 is 1.50 bits per heavy atom. The number of thiophene rings is 1. The summed E-state index contributed by atoms with van der Waals surface area (Å²) in [6.07, 6.45) is 2.81. The lowest BCUT2D eigenvalue weighted by Gasteiger charge is -2.24. The molecule has 4 heteroatoms. The van der Waals surface area contributed by atoms with Gasteiger partial charge in [-0.1, -0.05) is 13.8 Å². The van der Waals surface area contributed by atoms with Gasteiger partial charge in [0.1, 0.15) is 0 Å². The number of rotatable bonds is 8. The van der Waals surface area contributed by atoms with E-state index in [1.807, 2.05) is 11.3 Å². The monoisotopic (exact) mass is 330 g/mol. The Hall–Kier alpha value is 0.1000. The first-order valence-corrected chi connectivity index (χ1v) is 8.50. The van der Waals surface area contributed by atoms with Crippen molar-refractivity contribution < 1.29 is 0 Å². The smallest absolute Gasteiger partial charge is 0.0300 e. The van der Waals surface area contributed by atoms with Crippen LogP contribution in [0.1, 0.15) is 31.6 Å². The van der Waals surface area contributed by atoms with Crippen molar-refractivity contribution in [2.75, 3.05) is 19.6 Å². The minimum atomic E-state index is 0.777. The Balaban J connectivity index is 1.64. The Bertz CT molecular complexity index is 360. The van der Waals surface area contributed by atoms with Crippen LogP contribution >= 0.6 is 27.3 Å². The molecule has 1 aliphatic rings. The minimum Gasteiger partial charge on any atom is -0.311 e. The molecular weight excluding hydrogens is 308 g/mol. The van der Waals surface area contributed by atoms with E-state index in [9.17, 15) is 0 Å². The molecule has 0 unspecified atom stereocenters. The molecule has 0 aromatic carbocycles. The van der Waals surface area contributed by atoms with Crippen molar-refractivity contribution in [3.8, 4) is 0 Å². The Labute approximate surface area is 123 Å². The number of hydrogen-bond acceptors (Lipinski definition) is 3. The average molecular weight is 331 g/mol. The third kappa shape index (κ3) is 5.00. The van der Waals surface area contributed by atoms with Crippen LogP contribution in [-0.2, 0) is 6.54 Å². The molecule has 102 valence electrons. The Kier molecular flexibility index (Phi) is 5.67. The van der Waals surface area contributed by atoms with E-state index in [1.54, 1.807) is 0 Å². The van der Waals surface area contributed by atoms with Crippen LogP contribution in [0.5, 0.6) is 0 Å². The first-order valence-electron chi connectivity index (χ1n) is 6.83. The van der Waals surface area contributed by atoms with Gasteiger partial charge in [0.2, 0.25) is 0 Å². The molecular formula is C14H23BrN2S. The zero-order valence-corrected chi connectivity index (χ0v) is 13.7. The summed E-state index contributed by atoms with van der Waals surface area (Å²) in [4.78, 5) is 4.06. The lowest BCUT2D eigenvalue weighted by molar-refractivity contribution is 0.234. The molecule has 1 fully saturated rings. The lowest BCUT2D eigenvalue weighted by Crippen LogP contribution is -2.36. The minimum absolute atomic E-state index is 0.777. The third-order valence-electron chi connectivity index (χ3n) is 3.16. The van der Waals surface area contributed by atoms with E-state index in [0.29, 0.717) is 0 Å². The van der Waals surface area contributed by atoms with Crippen LogP contribution in [-0.4, -0.2) is 30.6 Å². The molecule has 1 aromatic rings. The van der Waals surface area contributed by atoms with Crippen molar-refractivity contribution in [1.29, 1.82) is 0 Å². The van der Waals surface area contributed by atoms with E-state index in [1.165, 1.54) is 35.3 Å². The first kappa shape index (κ1) is 14.5. The zero-order valence-electron chi connectivity index (χ0n) is 11.3. The summed E-state index contributed by atoms with van der Waals surface area (Å²) >= 11 is 5.31. The van der Waals surface area contributed by atoms with Crippen molar-refractivity contribution in [1.82, 2.24) is 10.2 Å². The molecule has 0 atom stereocenters. The molecule has 0 amide bonds. The highest BCUT2D eigenvalue weighted by atomic mass is 79.9. The zero-order chi connectivity index (χ0) is 13.0. The van der Waals surface area contributed by atoms with Gasteiger partial charge in [-0.25, -0.2) is 0 Å². The molecule has 0 aliphatic heterocycles. The predicted octanol–water partition coefficient (Wildman–Crippen LogP) is 3.72. The van der Waals surface area contributed by atoms with Crippen molar-refractivity contribution in [3.63, 3.8) is 0 Å². The topological polar surface area (TPSA) is 15.3 Å². The molecule has 1 N–H and O–H groups in total. The van der Waals surface area contributed by atoms with Gasteiger partial charge in [-0.2, -0.15) is 0 Å².